The quantitative estimate of drug-likeness (QED) is 0.178. The highest BCUT2D eigenvalue weighted by molar-refractivity contribution is 5.98. The molecule has 3 rings (SSSR count). The summed E-state index contributed by atoms with van der Waals surface area (Å²) in [5, 5.41) is 11.3. The molecule has 0 spiro atoms. The van der Waals surface area contributed by atoms with Gasteiger partial charge in [-0.05, 0) is 67.1 Å². The van der Waals surface area contributed by atoms with Crippen molar-refractivity contribution in [1.82, 2.24) is 21.3 Å². The molecule has 0 bridgehead atoms. The largest absolute Gasteiger partial charge is 0.353 e. The molecule has 0 saturated carbocycles. The number of amides is 4. The van der Waals surface area contributed by atoms with Crippen molar-refractivity contribution in [3.8, 4) is 0 Å². The van der Waals surface area contributed by atoms with E-state index in [-0.39, 0.29) is 42.6 Å². The highest BCUT2D eigenvalue weighted by atomic mass is 16.2. The van der Waals surface area contributed by atoms with Gasteiger partial charge in [-0.2, -0.15) is 0 Å². The molecular formula is C37H44N4O4. The molecule has 2 atom stereocenters. The summed E-state index contributed by atoms with van der Waals surface area (Å²) >= 11 is 0. The minimum absolute atomic E-state index is 0.143. The molecule has 8 heteroatoms. The van der Waals surface area contributed by atoms with Crippen LogP contribution in [0.2, 0.25) is 0 Å². The van der Waals surface area contributed by atoms with Crippen molar-refractivity contribution < 1.29 is 19.2 Å². The van der Waals surface area contributed by atoms with Crippen LogP contribution < -0.4 is 21.3 Å². The number of allylic oxidation sites excluding steroid dienone is 2. The second-order valence-corrected chi connectivity index (χ2v) is 11.7. The number of hydrogen-bond donors (Lipinski definition) is 4. The van der Waals surface area contributed by atoms with Gasteiger partial charge in [0.05, 0.1) is 0 Å². The number of hydrogen-bond acceptors (Lipinski definition) is 4. The number of benzene rings is 3. The molecule has 4 amide bonds. The van der Waals surface area contributed by atoms with Crippen LogP contribution >= 0.6 is 0 Å². The molecular weight excluding hydrogens is 564 g/mol. The summed E-state index contributed by atoms with van der Waals surface area (Å²) in [6, 6.07) is 22.0. The zero-order valence-electron chi connectivity index (χ0n) is 26.6. The second kappa shape index (κ2) is 16.8. The Bertz CT molecular complexity index is 1500. The summed E-state index contributed by atoms with van der Waals surface area (Å²) in [6.07, 6.45) is 0.747. The molecule has 0 saturated heterocycles. The number of nitrogens with one attached hydrogen (secondary N) is 4. The van der Waals surface area contributed by atoms with Crippen molar-refractivity contribution >= 4 is 34.8 Å². The fraction of sp³-hybridized carbons (Fsp3) is 0.297. The Morgan fingerprint density at radius 2 is 1.00 bits per heavy atom. The maximum atomic E-state index is 13.2. The summed E-state index contributed by atoms with van der Waals surface area (Å²) in [5.74, 6) is -1.26. The van der Waals surface area contributed by atoms with Gasteiger partial charge in [-0.25, -0.2) is 0 Å². The lowest BCUT2D eigenvalue weighted by Gasteiger charge is -2.21. The third kappa shape index (κ3) is 10.9. The van der Waals surface area contributed by atoms with Gasteiger partial charge < -0.3 is 21.3 Å². The molecule has 236 valence electrons. The van der Waals surface area contributed by atoms with Crippen LogP contribution in [0.5, 0.6) is 0 Å². The van der Waals surface area contributed by atoms with E-state index in [9.17, 15) is 19.2 Å². The maximum Gasteiger partial charge on any atom is 0.251 e. The van der Waals surface area contributed by atoms with Crippen LogP contribution in [0.4, 0.5) is 0 Å². The molecule has 0 heterocycles. The lowest BCUT2D eigenvalue weighted by Crippen LogP contribution is -2.51. The van der Waals surface area contributed by atoms with Gasteiger partial charge in [0.25, 0.3) is 11.8 Å². The van der Waals surface area contributed by atoms with E-state index in [2.05, 4.69) is 34.4 Å². The van der Waals surface area contributed by atoms with Gasteiger partial charge in [0, 0.05) is 30.6 Å². The van der Waals surface area contributed by atoms with Gasteiger partial charge in [0.2, 0.25) is 11.8 Å². The first kappa shape index (κ1) is 34.5. The molecule has 0 fully saturated rings. The summed E-state index contributed by atoms with van der Waals surface area (Å²) in [5.41, 5.74) is 5.43. The molecule has 0 aliphatic carbocycles. The van der Waals surface area contributed by atoms with Crippen LogP contribution in [0.3, 0.4) is 0 Å². The molecule has 3 aromatic carbocycles. The minimum Gasteiger partial charge on any atom is -0.353 e. The lowest BCUT2D eigenvalue weighted by molar-refractivity contribution is -0.124. The first-order valence-electron chi connectivity index (χ1n) is 15.2. The van der Waals surface area contributed by atoms with Gasteiger partial charge in [-0.3, -0.25) is 19.2 Å². The van der Waals surface area contributed by atoms with Gasteiger partial charge >= 0.3 is 0 Å². The average molecular weight is 609 g/mol. The molecule has 0 aromatic heterocycles. The zero-order valence-corrected chi connectivity index (χ0v) is 26.6. The first-order chi connectivity index (χ1) is 21.4. The molecule has 3 aromatic rings. The number of rotatable bonds is 15. The van der Waals surface area contributed by atoms with E-state index in [0.717, 1.165) is 27.8 Å². The Hall–Kier alpha value is -4.98. The topological polar surface area (TPSA) is 116 Å². The van der Waals surface area contributed by atoms with Crippen molar-refractivity contribution in [2.45, 2.75) is 52.6 Å². The van der Waals surface area contributed by atoms with E-state index in [1.165, 1.54) is 0 Å². The Kier molecular flexibility index (Phi) is 12.8. The Morgan fingerprint density at radius 3 is 1.42 bits per heavy atom. The van der Waals surface area contributed by atoms with E-state index < -0.39 is 12.1 Å². The molecule has 8 nitrogen and oxygen atoms in total. The van der Waals surface area contributed by atoms with Crippen molar-refractivity contribution in [2.75, 3.05) is 13.1 Å². The molecule has 0 aliphatic heterocycles. The lowest BCUT2D eigenvalue weighted by atomic mass is 10.0. The summed E-state index contributed by atoms with van der Waals surface area (Å²) in [6.45, 7) is 15.9. The first-order valence-corrected chi connectivity index (χ1v) is 15.2. The van der Waals surface area contributed by atoms with Crippen LogP contribution in [-0.2, 0) is 16.0 Å². The van der Waals surface area contributed by atoms with E-state index in [1.54, 1.807) is 24.3 Å². The van der Waals surface area contributed by atoms with Gasteiger partial charge in [-0.1, -0.05) is 92.7 Å². The zero-order chi connectivity index (χ0) is 32.9. The Labute approximate surface area is 266 Å². The summed E-state index contributed by atoms with van der Waals surface area (Å²) in [4.78, 5) is 52.2. The molecule has 4 N–H and O–H groups in total. The normalized spacial score (nSPS) is 12.0. The van der Waals surface area contributed by atoms with E-state index >= 15 is 0 Å². The van der Waals surface area contributed by atoms with Crippen LogP contribution in [0.15, 0.2) is 92.0 Å². The van der Waals surface area contributed by atoms with Crippen molar-refractivity contribution in [3.05, 3.63) is 120 Å². The third-order valence-corrected chi connectivity index (χ3v) is 7.24. The van der Waals surface area contributed by atoms with Crippen molar-refractivity contribution in [2.24, 2.45) is 5.92 Å². The van der Waals surface area contributed by atoms with Gasteiger partial charge in [0.1, 0.15) is 12.1 Å². The van der Waals surface area contributed by atoms with Crippen molar-refractivity contribution in [1.29, 1.82) is 0 Å². The van der Waals surface area contributed by atoms with Gasteiger partial charge in [-0.15, -0.1) is 0 Å². The third-order valence-electron chi connectivity index (χ3n) is 7.24. The smallest absolute Gasteiger partial charge is 0.251 e. The van der Waals surface area contributed by atoms with Crippen LogP contribution in [-0.4, -0.2) is 48.8 Å². The highest BCUT2D eigenvalue weighted by Gasteiger charge is 2.24. The molecule has 0 aliphatic rings. The standard InChI is InChI=1S/C37H44N4O4/c1-24(2)22-32(40-34(42)30-16-12-28(13-17-30)25(3)4)36(44)38-20-21-39-37(45)33(23-27-10-8-7-9-11-27)41-35(43)31-18-14-29(15-19-31)26(5)6/h7-19,24,32-33H,3,5,20-23H2,1-2,4,6H3,(H,38,44)(H,39,45)(H,40,42)(H,41,43)/t32-,33-/m0/s1. The SMILES string of the molecule is C=C(C)c1ccc(C(=O)N[C@@H](Cc2ccccc2)C(=O)NCCNC(=O)[C@H](CC(C)C)NC(=O)c2ccc(C(=C)C)cc2)cc1. The van der Waals surface area contributed by atoms with Crippen molar-refractivity contribution in [3.63, 3.8) is 0 Å². The van der Waals surface area contributed by atoms with E-state index in [1.807, 2.05) is 82.3 Å². The average Bonchev–Trinajstić information content (AvgIpc) is 3.02. The van der Waals surface area contributed by atoms with Crippen LogP contribution in [0.1, 0.15) is 71.5 Å². The number of carbonyl (C=O) groups excluding carboxylic acids is 4. The predicted molar refractivity (Wildman–Crippen MR) is 180 cm³/mol. The molecule has 45 heavy (non-hydrogen) atoms. The second-order valence-electron chi connectivity index (χ2n) is 11.7. The summed E-state index contributed by atoms with van der Waals surface area (Å²) in [7, 11) is 0. The minimum atomic E-state index is -0.833. The van der Waals surface area contributed by atoms with Gasteiger partial charge in [0.15, 0.2) is 0 Å². The Balaban J connectivity index is 1.59. The summed E-state index contributed by atoms with van der Waals surface area (Å²) < 4.78 is 0. The molecule has 0 radical (unpaired) electrons. The van der Waals surface area contributed by atoms with E-state index in [4.69, 9.17) is 0 Å². The maximum absolute atomic E-state index is 13.2. The number of carbonyl (C=O) groups is 4. The van der Waals surface area contributed by atoms with E-state index in [0.29, 0.717) is 24.0 Å². The highest BCUT2D eigenvalue weighted by Crippen LogP contribution is 2.14. The van der Waals surface area contributed by atoms with Crippen LogP contribution in [0, 0.1) is 5.92 Å². The molecule has 0 unspecified atom stereocenters. The Morgan fingerprint density at radius 1 is 0.600 bits per heavy atom. The fourth-order valence-electron chi connectivity index (χ4n) is 4.68. The van der Waals surface area contributed by atoms with Crippen LogP contribution in [0.25, 0.3) is 11.1 Å². The fourth-order valence-corrected chi connectivity index (χ4v) is 4.68. The predicted octanol–water partition coefficient (Wildman–Crippen LogP) is 5.17. The monoisotopic (exact) mass is 608 g/mol.